The molecule has 0 aliphatic carbocycles. The molecular formula is C16H25N3O2S. The number of fused-ring (bicyclic) bond motifs is 2. The van der Waals surface area contributed by atoms with E-state index in [1.54, 1.807) is 11.3 Å². The molecule has 2 aliphatic rings. The van der Waals surface area contributed by atoms with Gasteiger partial charge in [0.25, 0.3) is 0 Å². The number of nitrogens with zero attached hydrogens (tertiary/aromatic N) is 2. The summed E-state index contributed by atoms with van der Waals surface area (Å²) in [4.78, 5) is 19.8. The molecule has 2 saturated heterocycles. The molecule has 1 aromatic heterocycles. The first kappa shape index (κ1) is 15.7. The number of rotatable bonds is 3. The molecule has 6 heteroatoms. The fourth-order valence-corrected chi connectivity index (χ4v) is 4.08. The fraction of sp³-hybridized carbons (Fsp3) is 0.750. The normalized spacial score (nSPS) is 28.0. The lowest BCUT2D eigenvalue weighted by Crippen LogP contribution is -2.52. The van der Waals surface area contributed by atoms with Crippen molar-refractivity contribution in [3.63, 3.8) is 0 Å². The van der Waals surface area contributed by atoms with Crippen molar-refractivity contribution < 1.29 is 9.53 Å². The monoisotopic (exact) mass is 323 g/mol. The molecule has 1 N–H and O–H groups in total. The first-order valence-electron chi connectivity index (χ1n) is 8.04. The van der Waals surface area contributed by atoms with Crippen LogP contribution in [0.3, 0.4) is 0 Å². The van der Waals surface area contributed by atoms with Crippen molar-refractivity contribution >= 4 is 17.4 Å². The van der Waals surface area contributed by atoms with Gasteiger partial charge in [-0.05, 0) is 46.5 Å². The summed E-state index contributed by atoms with van der Waals surface area (Å²) >= 11 is 1.68. The van der Waals surface area contributed by atoms with Crippen molar-refractivity contribution in [3.05, 3.63) is 16.6 Å². The maximum atomic E-state index is 12.4. The minimum atomic E-state index is -0.419. The first-order valence-corrected chi connectivity index (χ1v) is 8.92. The molecule has 0 spiro atoms. The van der Waals surface area contributed by atoms with E-state index in [0.717, 1.165) is 32.2 Å². The number of aromatic nitrogens is 1. The highest BCUT2D eigenvalue weighted by molar-refractivity contribution is 7.09. The van der Waals surface area contributed by atoms with Gasteiger partial charge in [0.05, 0.1) is 5.51 Å². The summed E-state index contributed by atoms with van der Waals surface area (Å²) in [5.74, 6) is 0. The summed E-state index contributed by atoms with van der Waals surface area (Å²) in [5, 5.41) is 3.62. The Morgan fingerprint density at radius 1 is 1.41 bits per heavy atom. The Morgan fingerprint density at radius 2 is 2.09 bits per heavy atom. The average Bonchev–Trinajstić information content (AvgIpc) is 3.01. The first-order chi connectivity index (χ1) is 10.4. The molecular weight excluding hydrogens is 298 g/mol. The molecule has 0 saturated carbocycles. The maximum Gasteiger partial charge on any atom is 0.410 e. The molecule has 2 fully saturated rings. The Hall–Kier alpha value is -1.14. The number of carbonyl (C=O) groups is 1. The van der Waals surface area contributed by atoms with Gasteiger partial charge in [0, 0.05) is 35.7 Å². The molecule has 0 aromatic carbocycles. The van der Waals surface area contributed by atoms with Crippen molar-refractivity contribution in [2.45, 2.75) is 76.7 Å². The van der Waals surface area contributed by atoms with E-state index in [4.69, 9.17) is 4.74 Å². The molecule has 0 radical (unpaired) electrons. The van der Waals surface area contributed by atoms with Crippen LogP contribution in [0, 0.1) is 0 Å². The van der Waals surface area contributed by atoms with Crippen LogP contribution in [0.15, 0.2) is 11.7 Å². The standard InChI is InChI=1S/C16H25N3O2S/c1-16(2,3)21-15(20)19-12-4-5-13(19)7-11(6-12)18-9-14-8-17-10-22-14/h8,10-13,18H,4-7,9H2,1-3H3. The quantitative estimate of drug-likeness (QED) is 0.928. The molecule has 1 aromatic rings. The highest BCUT2D eigenvalue weighted by atomic mass is 32.1. The van der Waals surface area contributed by atoms with Gasteiger partial charge in [0.2, 0.25) is 0 Å². The summed E-state index contributed by atoms with van der Waals surface area (Å²) in [6.45, 7) is 6.66. The second-order valence-corrected chi connectivity index (χ2v) is 8.26. The third-order valence-corrected chi connectivity index (χ3v) is 5.17. The number of ether oxygens (including phenoxy) is 1. The lowest BCUT2D eigenvalue weighted by atomic mass is 9.97. The van der Waals surface area contributed by atoms with Gasteiger partial charge in [0.1, 0.15) is 5.60 Å². The molecule has 2 bridgehead atoms. The topological polar surface area (TPSA) is 54.5 Å². The second-order valence-electron chi connectivity index (χ2n) is 7.29. The summed E-state index contributed by atoms with van der Waals surface area (Å²) < 4.78 is 5.57. The fourth-order valence-electron chi connectivity index (χ4n) is 3.53. The number of piperidine rings is 1. The Bertz CT molecular complexity index is 498. The number of carbonyl (C=O) groups excluding carboxylic acids is 1. The maximum absolute atomic E-state index is 12.4. The summed E-state index contributed by atoms with van der Waals surface area (Å²) in [5.41, 5.74) is 1.45. The van der Waals surface area contributed by atoms with Gasteiger partial charge in [0.15, 0.2) is 0 Å². The zero-order chi connectivity index (χ0) is 15.7. The van der Waals surface area contributed by atoms with E-state index < -0.39 is 5.60 Å². The van der Waals surface area contributed by atoms with Gasteiger partial charge in [-0.2, -0.15) is 0 Å². The highest BCUT2D eigenvalue weighted by Crippen LogP contribution is 2.36. The van der Waals surface area contributed by atoms with Gasteiger partial charge < -0.3 is 15.0 Å². The van der Waals surface area contributed by atoms with Crippen LogP contribution in [0.25, 0.3) is 0 Å². The van der Waals surface area contributed by atoms with Gasteiger partial charge in [-0.25, -0.2) is 4.79 Å². The molecule has 2 unspecified atom stereocenters. The van der Waals surface area contributed by atoms with E-state index in [0.29, 0.717) is 18.1 Å². The van der Waals surface area contributed by atoms with E-state index >= 15 is 0 Å². The van der Waals surface area contributed by atoms with Crippen LogP contribution < -0.4 is 5.32 Å². The SMILES string of the molecule is CC(C)(C)OC(=O)N1C2CCC1CC(NCc1cncs1)C2. The van der Waals surface area contributed by atoms with Crippen LogP contribution in [0.5, 0.6) is 0 Å². The number of amides is 1. The molecule has 22 heavy (non-hydrogen) atoms. The van der Waals surface area contributed by atoms with Gasteiger partial charge >= 0.3 is 6.09 Å². The van der Waals surface area contributed by atoms with E-state index in [9.17, 15) is 4.79 Å². The largest absolute Gasteiger partial charge is 0.444 e. The van der Waals surface area contributed by atoms with Crippen molar-refractivity contribution in [1.29, 1.82) is 0 Å². The van der Waals surface area contributed by atoms with Gasteiger partial charge in [-0.1, -0.05) is 0 Å². The third-order valence-electron chi connectivity index (χ3n) is 4.39. The molecule has 122 valence electrons. The lowest BCUT2D eigenvalue weighted by Gasteiger charge is -2.39. The van der Waals surface area contributed by atoms with Gasteiger partial charge in [-0.3, -0.25) is 4.98 Å². The lowest BCUT2D eigenvalue weighted by molar-refractivity contribution is 0.00467. The number of hydrogen-bond donors (Lipinski definition) is 1. The summed E-state index contributed by atoms with van der Waals surface area (Å²) in [7, 11) is 0. The third kappa shape index (κ3) is 3.60. The smallest absolute Gasteiger partial charge is 0.410 e. The summed E-state index contributed by atoms with van der Waals surface area (Å²) in [6, 6.07) is 1.14. The van der Waals surface area contributed by atoms with Crippen LogP contribution in [-0.2, 0) is 11.3 Å². The van der Waals surface area contributed by atoms with Crippen molar-refractivity contribution in [3.8, 4) is 0 Å². The molecule has 5 nitrogen and oxygen atoms in total. The highest BCUT2D eigenvalue weighted by Gasteiger charge is 2.44. The molecule has 3 rings (SSSR count). The average molecular weight is 323 g/mol. The Labute approximate surface area is 136 Å². The Kier molecular flexibility index (Phi) is 4.41. The zero-order valence-electron chi connectivity index (χ0n) is 13.5. The van der Waals surface area contributed by atoms with Gasteiger partial charge in [-0.15, -0.1) is 11.3 Å². The predicted molar refractivity (Wildman–Crippen MR) is 86.9 cm³/mol. The van der Waals surface area contributed by atoms with Crippen LogP contribution >= 0.6 is 11.3 Å². The zero-order valence-corrected chi connectivity index (χ0v) is 14.4. The van der Waals surface area contributed by atoms with E-state index in [1.165, 1.54) is 4.88 Å². The van der Waals surface area contributed by atoms with E-state index in [-0.39, 0.29) is 6.09 Å². The molecule has 2 atom stereocenters. The van der Waals surface area contributed by atoms with E-state index in [2.05, 4.69) is 10.3 Å². The Balaban J connectivity index is 1.56. The van der Waals surface area contributed by atoms with Crippen LogP contribution in [0.4, 0.5) is 4.79 Å². The van der Waals surface area contributed by atoms with Crippen LogP contribution in [0.2, 0.25) is 0 Å². The minimum absolute atomic E-state index is 0.138. The van der Waals surface area contributed by atoms with Crippen molar-refractivity contribution in [1.82, 2.24) is 15.2 Å². The van der Waals surface area contributed by atoms with Crippen molar-refractivity contribution in [2.24, 2.45) is 0 Å². The van der Waals surface area contributed by atoms with Crippen LogP contribution in [-0.4, -0.2) is 39.7 Å². The molecule has 3 heterocycles. The molecule has 2 aliphatic heterocycles. The number of hydrogen-bond acceptors (Lipinski definition) is 5. The van der Waals surface area contributed by atoms with Crippen LogP contribution in [0.1, 0.15) is 51.3 Å². The summed E-state index contributed by atoms with van der Waals surface area (Å²) in [6.07, 6.45) is 6.03. The molecule has 1 amide bonds. The minimum Gasteiger partial charge on any atom is -0.444 e. The predicted octanol–water partition coefficient (Wildman–Crippen LogP) is 3.16. The number of thiazole rings is 1. The Morgan fingerprint density at radius 3 is 2.64 bits per heavy atom. The van der Waals surface area contributed by atoms with E-state index in [1.807, 2.05) is 37.4 Å². The second kappa shape index (κ2) is 6.16. The van der Waals surface area contributed by atoms with Crippen molar-refractivity contribution in [2.75, 3.05) is 0 Å². The number of nitrogens with one attached hydrogen (secondary N) is 1.